The van der Waals surface area contributed by atoms with Crippen LogP contribution < -0.4 is 0 Å². The van der Waals surface area contributed by atoms with Gasteiger partial charge in [-0.3, -0.25) is 0 Å². The molecular formula is C12H17NO3Si. The lowest BCUT2D eigenvalue weighted by Crippen LogP contribution is -2.18. The Hall–Kier alpha value is -1.26. The van der Waals surface area contributed by atoms with Crippen molar-refractivity contribution >= 4 is 21.1 Å². The van der Waals surface area contributed by atoms with E-state index in [2.05, 4.69) is 4.99 Å². The van der Waals surface area contributed by atoms with Crippen molar-refractivity contribution in [2.75, 3.05) is 14.2 Å². The molecule has 92 valence electrons. The van der Waals surface area contributed by atoms with Gasteiger partial charge < -0.3 is 8.85 Å². The summed E-state index contributed by atoms with van der Waals surface area (Å²) in [5.74, 6) is 0. The van der Waals surface area contributed by atoms with Crippen molar-refractivity contribution in [1.29, 1.82) is 0 Å². The van der Waals surface area contributed by atoms with Gasteiger partial charge in [0.1, 0.15) is 0 Å². The lowest BCUT2D eigenvalue weighted by molar-refractivity contribution is 0.276. The van der Waals surface area contributed by atoms with Crippen molar-refractivity contribution < 1.29 is 13.6 Å². The molecule has 0 aliphatic heterocycles. The van der Waals surface area contributed by atoms with E-state index in [9.17, 15) is 4.79 Å². The van der Waals surface area contributed by atoms with Crippen molar-refractivity contribution in [2.45, 2.75) is 18.9 Å². The summed E-state index contributed by atoms with van der Waals surface area (Å²) in [6.45, 7) is 0. The fraction of sp³-hybridized carbons (Fsp3) is 0.417. The lowest BCUT2D eigenvalue weighted by Gasteiger charge is -2.10. The Labute approximate surface area is 103 Å². The van der Waals surface area contributed by atoms with Crippen LogP contribution in [0.15, 0.2) is 29.3 Å². The molecule has 1 rings (SSSR count). The SMILES string of the molecule is CO[SiH](CCCc1ccc(N=C=O)cc1)OC. The zero-order valence-corrected chi connectivity index (χ0v) is 11.3. The molecule has 1 aromatic rings. The Bertz CT molecular complexity index is 370. The van der Waals surface area contributed by atoms with Gasteiger partial charge in [-0.2, -0.15) is 4.99 Å². The zero-order chi connectivity index (χ0) is 12.5. The third-order valence-corrected chi connectivity index (χ3v) is 4.47. The molecule has 0 N–H and O–H groups in total. The van der Waals surface area contributed by atoms with Crippen molar-refractivity contribution in [1.82, 2.24) is 0 Å². The maximum atomic E-state index is 10.1. The van der Waals surface area contributed by atoms with E-state index in [1.807, 2.05) is 24.3 Å². The first-order valence-corrected chi connectivity index (χ1v) is 7.28. The maximum Gasteiger partial charge on any atom is 0.320 e. The molecule has 0 fully saturated rings. The van der Waals surface area contributed by atoms with Gasteiger partial charge in [-0.05, 0) is 36.6 Å². The Balaban J connectivity index is 2.39. The second-order valence-electron chi connectivity index (χ2n) is 3.66. The van der Waals surface area contributed by atoms with Crippen LogP contribution in [0.5, 0.6) is 0 Å². The first-order chi connectivity index (χ1) is 8.30. The van der Waals surface area contributed by atoms with Crippen LogP contribution in [0.4, 0.5) is 5.69 Å². The van der Waals surface area contributed by atoms with Crippen LogP contribution in [0.1, 0.15) is 12.0 Å². The minimum absolute atomic E-state index is 0.643. The summed E-state index contributed by atoms with van der Waals surface area (Å²) in [6.07, 6.45) is 3.56. The average molecular weight is 251 g/mol. The number of isocyanates is 1. The number of nitrogens with zero attached hydrogens (tertiary/aromatic N) is 1. The van der Waals surface area contributed by atoms with E-state index in [1.165, 1.54) is 11.6 Å². The lowest BCUT2D eigenvalue weighted by atomic mass is 10.1. The van der Waals surface area contributed by atoms with Crippen molar-refractivity contribution in [3.05, 3.63) is 29.8 Å². The highest BCUT2D eigenvalue weighted by atomic mass is 28.3. The van der Waals surface area contributed by atoms with Crippen molar-refractivity contribution in [3.63, 3.8) is 0 Å². The highest BCUT2D eigenvalue weighted by Gasteiger charge is 2.08. The van der Waals surface area contributed by atoms with E-state index in [0.717, 1.165) is 18.9 Å². The summed E-state index contributed by atoms with van der Waals surface area (Å²) in [6, 6.07) is 8.60. The quantitative estimate of drug-likeness (QED) is 0.423. The Morgan fingerprint density at radius 2 is 1.88 bits per heavy atom. The maximum absolute atomic E-state index is 10.1. The second kappa shape index (κ2) is 7.92. The van der Waals surface area contributed by atoms with Crippen LogP contribution in [0.25, 0.3) is 0 Å². The molecule has 5 heteroatoms. The minimum Gasteiger partial charge on any atom is -0.400 e. The van der Waals surface area contributed by atoms with Crippen LogP contribution in [-0.4, -0.2) is 29.6 Å². The molecule has 0 aliphatic carbocycles. The number of benzene rings is 1. The number of hydrogen-bond acceptors (Lipinski definition) is 4. The Morgan fingerprint density at radius 1 is 1.24 bits per heavy atom. The van der Waals surface area contributed by atoms with E-state index in [-0.39, 0.29) is 0 Å². The zero-order valence-electron chi connectivity index (χ0n) is 10.2. The molecule has 0 bridgehead atoms. The minimum atomic E-state index is -1.42. The Kier molecular flexibility index (Phi) is 6.43. The van der Waals surface area contributed by atoms with Crippen LogP contribution in [0, 0.1) is 0 Å². The van der Waals surface area contributed by atoms with Gasteiger partial charge >= 0.3 is 9.28 Å². The molecule has 0 spiro atoms. The monoisotopic (exact) mass is 251 g/mol. The molecule has 0 aromatic heterocycles. The number of rotatable bonds is 7. The van der Waals surface area contributed by atoms with E-state index >= 15 is 0 Å². The van der Waals surface area contributed by atoms with E-state index < -0.39 is 9.28 Å². The van der Waals surface area contributed by atoms with Gasteiger partial charge in [0.2, 0.25) is 6.08 Å². The number of aryl methyl sites for hydroxylation is 1. The van der Waals surface area contributed by atoms with Crippen LogP contribution >= 0.6 is 0 Å². The summed E-state index contributed by atoms with van der Waals surface area (Å²) in [5, 5.41) is 0. The summed E-state index contributed by atoms with van der Waals surface area (Å²) >= 11 is 0. The smallest absolute Gasteiger partial charge is 0.320 e. The normalized spacial score (nSPS) is 10.3. The molecular weight excluding hydrogens is 234 g/mol. The summed E-state index contributed by atoms with van der Waals surface area (Å²) in [7, 11) is 1.98. The van der Waals surface area contributed by atoms with Crippen LogP contribution in [0.3, 0.4) is 0 Å². The van der Waals surface area contributed by atoms with E-state index in [1.54, 1.807) is 14.2 Å². The molecule has 0 atom stereocenters. The summed E-state index contributed by atoms with van der Waals surface area (Å²) < 4.78 is 10.5. The number of hydrogen-bond donors (Lipinski definition) is 0. The first kappa shape index (κ1) is 13.8. The third-order valence-electron chi connectivity index (χ3n) is 2.54. The molecule has 0 unspecified atom stereocenters. The van der Waals surface area contributed by atoms with Crippen molar-refractivity contribution in [2.24, 2.45) is 4.99 Å². The van der Waals surface area contributed by atoms with Gasteiger partial charge in [-0.15, -0.1) is 0 Å². The number of aliphatic imine (C=N–C) groups is 1. The average Bonchev–Trinajstić information content (AvgIpc) is 2.37. The van der Waals surface area contributed by atoms with Crippen LogP contribution in [0.2, 0.25) is 6.04 Å². The fourth-order valence-corrected chi connectivity index (χ4v) is 2.80. The van der Waals surface area contributed by atoms with Gasteiger partial charge in [0.05, 0.1) is 5.69 Å². The number of carbonyl (C=O) groups excluding carboxylic acids is 1. The highest BCUT2D eigenvalue weighted by molar-refractivity contribution is 6.44. The first-order valence-electron chi connectivity index (χ1n) is 5.52. The summed E-state index contributed by atoms with van der Waals surface area (Å²) in [4.78, 5) is 13.6. The second-order valence-corrected chi connectivity index (χ2v) is 6.04. The topological polar surface area (TPSA) is 47.9 Å². The standard InChI is InChI=1S/C12H17NO3Si/c1-15-17(16-2)9-3-4-11-5-7-12(8-6-11)13-10-14/h5-8,17H,3-4,9H2,1-2H3. The predicted molar refractivity (Wildman–Crippen MR) is 68.5 cm³/mol. The largest absolute Gasteiger partial charge is 0.400 e. The molecule has 0 radical (unpaired) electrons. The van der Waals surface area contributed by atoms with Crippen LogP contribution in [-0.2, 0) is 20.1 Å². The fourth-order valence-electron chi connectivity index (χ4n) is 1.59. The molecule has 0 saturated carbocycles. The molecule has 1 aromatic carbocycles. The van der Waals surface area contributed by atoms with Gasteiger partial charge in [0.15, 0.2) is 0 Å². The highest BCUT2D eigenvalue weighted by Crippen LogP contribution is 2.14. The van der Waals surface area contributed by atoms with E-state index in [0.29, 0.717) is 5.69 Å². The van der Waals surface area contributed by atoms with Crippen molar-refractivity contribution in [3.8, 4) is 0 Å². The van der Waals surface area contributed by atoms with Gasteiger partial charge in [0, 0.05) is 14.2 Å². The van der Waals surface area contributed by atoms with E-state index in [4.69, 9.17) is 8.85 Å². The summed E-state index contributed by atoms with van der Waals surface area (Å²) in [5.41, 5.74) is 1.87. The Morgan fingerprint density at radius 3 is 2.41 bits per heavy atom. The van der Waals surface area contributed by atoms with Gasteiger partial charge in [0.25, 0.3) is 0 Å². The molecule has 0 amide bonds. The van der Waals surface area contributed by atoms with Gasteiger partial charge in [-0.1, -0.05) is 12.1 Å². The third kappa shape index (κ3) is 5.06. The van der Waals surface area contributed by atoms with Gasteiger partial charge in [-0.25, -0.2) is 4.79 Å². The molecule has 0 heterocycles. The predicted octanol–water partition coefficient (Wildman–Crippen LogP) is 2.10. The molecule has 0 saturated heterocycles. The molecule has 17 heavy (non-hydrogen) atoms. The molecule has 0 aliphatic rings. The molecule has 4 nitrogen and oxygen atoms in total.